The quantitative estimate of drug-likeness (QED) is 0.907. The van der Waals surface area contributed by atoms with Crippen LogP contribution in [0, 0.1) is 5.92 Å². The monoisotopic (exact) mass is 300 g/mol. The van der Waals surface area contributed by atoms with Crippen molar-refractivity contribution in [2.24, 2.45) is 5.92 Å². The molecule has 2 rings (SSSR count). The molecule has 1 atom stereocenters. The predicted molar refractivity (Wildman–Crippen MR) is 69.5 cm³/mol. The molecule has 1 aromatic rings. The fourth-order valence-electron chi connectivity index (χ4n) is 1.74. The smallest absolute Gasteiger partial charge is 0.168 e. The van der Waals surface area contributed by atoms with Crippen LogP contribution in [0.3, 0.4) is 0 Å². The van der Waals surface area contributed by atoms with Crippen molar-refractivity contribution in [2.75, 3.05) is 13.7 Å². The highest BCUT2D eigenvalue weighted by atomic mass is 79.9. The number of aliphatic hydroxyl groups excluding tert-OH is 1. The van der Waals surface area contributed by atoms with Gasteiger partial charge >= 0.3 is 0 Å². The summed E-state index contributed by atoms with van der Waals surface area (Å²) in [6.07, 6.45) is 1.88. The molecule has 1 unspecified atom stereocenters. The van der Waals surface area contributed by atoms with Crippen molar-refractivity contribution in [1.82, 2.24) is 0 Å². The van der Waals surface area contributed by atoms with Crippen molar-refractivity contribution in [2.45, 2.75) is 25.9 Å². The van der Waals surface area contributed by atoms with Crippen LogP contribution in [0.1, 0.15) is 31.4 Å². The molecule has 0 aliphatic heterocycles. The number of hydrogen-bond acceptors (Lipinski definition) is 3. The van der Waals surface area contributed by atoms with Gasteiger partial charge in [0.15, 0.2) is 11.5 Å². The van der Waals surface area contributed by atoms with Gasteiger partial charge in [0, 0.05) is 10.0 Å². The zero-order valence-corrected chi connectivity index (χ0v) is 11.7. The Morgan fingerprint density at radius 3 is 2.71 bits per heavy atom. The summed E-state index contributed by atoms with van der Waals surface area (Å²) in [5.74, 6) is 1.99. The van der Waals surface area contributed by atoms with E-state index in [-0.39, 0.29) is 0 Å². The van der Waals surface area contributed by atoms with Gasteiger partial charge in [0.25, 0.3) is 0 Å². The normalized spacial score (nSPS) is 16.7. The minimum atomic E-state index is -0.589. The minimum absolute atomic E-state index is 0.589. The van der Waals surface area contributed by atoms with Crippen LogP contribution in [0.4, 0.5) is 0 Å². The van der Waals surface area contributed by atoms with Crippen LogP contribution in [0.5, 0.6) is 11.5 Å². The molecule has 0 radical (unpaired) electrons. The van der Waals surface area contributed by atoms with E-state index in [2.05, 4.69) is 15.9 Å². The second-order valence-electron chi connectivity index (χ2n) is 4.42. The average Bonchev–Trinajstić information content (AvgIpc) is 3.09. The van der Waals surface area contributed by atoms with E-state index in [1.807, 2.05) is 12.1 Å². The predicted octanol–water partition coefficient (Wildman–Crippen LogP) is 3.30. The molecule has 0 amide bonds. The van der Waals surface area contributed by atoms with Gasteiger partial charge in [-0.15, -0.1) is 0 Å². The van der Waals surface area contributed by atoms with Gasteiger partial charge in [-0.3, -0.25) is 0 Å². The van der Waals surface area contributed by atoms with Crippen molar-refractivity contribution >= 4 is 15.9 Å². The highest BCUT2D eigenvalue weighted by Gasteiger charge is 2.25. The van der Waals surface area contributed by atoms with Gasteiger partial charge in [0.2, 0.25) is 0 Å². The van der Waals surface area contributed by atoms with Crippen molar-refractivity contribution in [3.05, 3.63) is 22.2 Å². The summed E-state index contributed by atoms with van der Waals surface area (Å²) < 4.78 is 11.9. The largest absolute Gasteiger partial charge is 0.493 e. The maximum atomic E-state index is 9.82. The van der Waals surface area contributed by atoms with Crippen LogP contribution in [0.25, 0.3) is 0 Å². The summed E-state index contributed by atoms with van der Waals surface area (Å²) in [4.78, 5) is 0. The Kier molecular flexibility index (Phi) is 3.94. The first-order chi connectivity index (χ1) is 8.13. The van der Waals surface area contributed by atoms with Crippen molar-refractivity contribution in [3.63, 3.8) is 0 Å². The van der Waals surface area contributed by atoms with E-state index in [1.54, 1.807) is 14.0 Å². The van der Waals surface area contributed by atoms with Gasteiger partial charge in [-0.25, -0.2) is 0 Å². The van der Waals surface area contributed by atoms with Crippen LogP contribution < -0.4 is 9.47 Å². The Hall–Kier alpha value is -0.740. The SMILES string of the molecule is COc1ccc(Br)c(C(C)O)c1OCC1CC1. The topological polar surface area (TPSA) is 38.7 Å². The van der Waals surface area contributed by atoms with Crippen LogP contribution in [-0.4, -0.2) is 18.8 Å². The first kappa shape index (κ1) is 12.7. The van der Waals surface area contributed by atoms with E-state index in [0.717, 1.165) is 10.0 Å². The fraction of sp³-hybridized carbons (Fsp3) is 0.538. The average molecular weight is 301 g/mol. The molecular formula is C13H17BrO3. The standard InChI is InChI=1S/C13H17BrO3/c1-8(15)12-10(14)5-6-11(16-2)13(12)17-7-9-3-4-9/h5-6,8-9,15H,3-4,7H2,1-2H3. The molecule has 1 aromatic carbocycles. The third-order valence-corrected chi connectivity index (χ3v) is 3.60. The van der Waals surface area contributed by atoms with Crippen molar-refractivity contribution in [3.8, 4) is 11.5 Å². The van der Waals surface area contributed by atoms with E-state index in [4.69, 9.17) is 9.47 Å². The lowest BCUT2D eigenvalue weighted by Crippen LogP contribution is -2.06. The number of benzene rings is 1. The minimum Gasteiger partial charge on any atom is -0.493 e. The lowest BCUT2D eigenvalue weighted by Gasteiger charge is -2.18. The second-order valence-corrected chi connectivity index (χ2v) is 5.28. The molecular weight excluding hydrogens is 284 g/mol. The molecule has 0 aromatic heterocycles. The summed E-state index contributed by atoms with van der Waals surface area (Å²) >= 11 is 3.44. The van der Waals surface area contributed by atoms with Crippen LogP contribution in [-0.2, 0) is 0 Å². The Bertz CT molecular complexity index is 400. The number of halogens is 1. The van der Waals surface area contributed by atoms with E-state index in [0.29, 0.717) is 24.0 Å². The van der Waals surface area contributed by atoms with Crippen LogP contribution in [0.2, 0.25) is 0 Å². The van der Waals surface area contributed by atoms with Gasteiger partial charge in [-0.1, -0.05) is 15.9 Å². The Balaban J connectivity index is 2.31. The van der Waals surface area contributed by atoms with E-state index < -0.39 is 6.10 Å². The molecule has 1 fully saturated rings. The Morgan fingerprint density at radius 2 is 2.18 bits per heavy atom. The maximum Gasteiger partial charge on any atom is 0.168 e. The zero-order chi connectivity index (χ0) is 12.4. The summed E-state index contributed by atoms with van der Waals surface area (Å²) in [7, 11) is 1.61. The van der Waals surface area contributed by atoms with Gasteiger partial charge in [-0.05, 0) is 37.8 Å². The molecule has 0 heterocycles. The molecule has 0 spiro atoms. The van der Waals surface area contributed by atoms with Gasteiger partial charge in [0.1, 0.15) is 0 Å². The molecule has 0 saturated heterocycles. The molecule has 1 aliphatic carbocycles. The number of rotatable bonds is 5. The van der Waals surface area contributed by atoms with Crippen molar-refractivity contribution < 1.29 is 14.6 Å². The van der Waals surface area contributed by atoms with Crippen LogP contribution >= 0.6 is 15.9 Å². The third-order valence-electron chi connectivity index (χ3n) is 2.90. The number of aliphatic hydroxyl groups is 1. The molecule has 1 aliphatic rings. The summed E-state index contributed by atoms with van der Waals surface area (Å²) in [6.45, 7) is 2.43. The highest BCUT2D eigenvalue weighted by Crippen LogP contribution is 2.41. The molecule has 1 saturated carbocycles. The van der Waals surface area contributed by atoms with Gasteiger partial charge in [0.05, 0.1) is 19.8 Å². The molecule has 94 valence electrons. The molecule has 1 N–H and O–H groups in total. The number of ether oxygens (including phenoxy) is 2. The zero-order valence-electron chi connectivity index (χ0n) is 10.1. The summed E-state index contributed by atoms with van der Waals surface area (Å²) in [5, 5.41) is 9.82. The summed E-state index contributed by atoms with van der Waals surface area (Å²) in [5.41, 5.74) is 0.755. The van der Waals surface area contributed by atoms with Crippen molar-refractivity contribution in [1.29, 1.82) is 0 Å². The molecule has 0 bridgehead atoms. The van der Waals surface area contributed by atoms with Gasteiger partial charge in [-0.2, -0.15) is 0 Å². The molecule has 4 heteroatoms. The molecule has 17 heavy (non-hydrogen) atoms. The van der Waals surface area contributed by atoms with Crippen LogP contribution in [0.15, 0.2) is 16.6 Å². The first-order valence-corrected chi connectivity index (χ1v) is 6.60. The molecule has 3 nitrogen and oxygen atoms in total. The first-order valence-electron chi connectivity index (χ1n) is 5.80. The van der Waals surface area contributed by atoms with E-state index in [9.17, 15) is 5.11 Å². The lowest BCUT2D eigenvalue weighted by atomic mass is 10.1. The van der Waals surface area contributed by atoms with Gasteiger partial charge < -0.3 is 14.6 Å². The number of hydrogen-bond donors (Lipinski definition) is 1. The van der Waals surface area contributed by atoms with E-state index in [1.165, 1.54) is 12.8 Å². The fourth-order valence-corrected chi connectivity index (χ4v) is 2.38. The summed E-state index contributed by atoms with van der Waals surface area (Å²) in [6, 6.07) is 3.71. The Morgan fingerprint density at radius 1 is 1.47 bits per heavy atom. The maximum absolute atomic E-state index is 9.82. The third kappa shape index (κ3) is 2.93. The Labute approximate surface area is 110 Å². The lowest BCUT2D eigenvalue weighted by molar-refractivity contribution is 0.187. The second kappa shape index (κ2) is 5.27. The van der Waals surface area contributed by atoms with E-state index >= 15 is 0 Å². The number of methoxy groups -OCH3 is 1. The highest BCUT2D eigenvalue weighted by molar-refractivity contribution is 9.10.